The molecule has 23 heavy (non-hydrogen) atoms. The second kappa shape index (κ2) is 8.98. The molecule has 1 aliphatic rings. The van der Waals surface area contributed by atoms with Crippen LogP contribution < -0.4 is 0 Å². The van der Waals surface area contributed by atoms with Crippen molar-refractivity contribution in [3.8, 4) is 6.07 Å². The maximum atomic E-state index is 11.8. The van der Waals surface area contributed by atoms with Crippen molar-refractivity contribution in [1.82, 2.24) is 0 Å². The molecule has 0 N–H and O–H groups in total. The van der Waals surface area contributed by atoms with Crippen LogP contribution in [0.5, 0.6) is 0 Å². The van der Waals surface area contributed by atoms with Crippen LogP contribution in [0.25, 0.3) is 0 Å². The first kappa shape index (κ1) is 17.9. The van der Waals surface area contributed by atoms with Crippen molar-refractivity contribution in [2.75, 3.05) is 12.4 Å². The molecule has 1 aromatic rings. The SMILES string of the molecule is CCOC(=O)C(C)c1ccc(SCC2CCCCC2C#N)cc1. The minimum Gasteiger partial charge on any atom is -0.466 e. The van der Waals surface area contributed by atoms with Gasteiger partial charge in [-0.2, -0.15) is 5.26 Å². The highest BCUT2D eigenvalue weighted by Crippen LogP contribution is 2.34. The molecule has 0 saturated heterocycles. The van der Waals surface area contributed by atoms with Crippen LogP contribution in [-0.2, 0) is 9.53 Å². The molecular formula is C19H25NO2S. The van der Waals surface area contributed by atoms with Gasteiger partial charge in [-0.15, -0.1) is 11.8 Å². The highest BCUT2D eigenvalue weighted by atomic mass is 32.2. The first-order valence-corrected chi connectivity index (χ1v) is 9.43. The van der Waals surface area contributed by atoms with Crippen molar-refractivity contribution >= 4 is 17.7 Å². The van der Waals surface area contributed by atoms with E-state index in [1.807, 2.05) is 37.7 Å². The lowest BCUT2D eigenvalue weighted by atomic mass is 9.81. The van der Waals surface area contributed by atoms with Gasteiger partial charge < -0.3 is 4.74 Å². The summed E-state index contributed by atoms with van der Waals surface area (Å²) in [5.41, 5.74) is 0.986. The molecule has 3 unspecified atom stereocenters. The third-order valence-corrected chi connectivity index (χ3v) is 5.76. The summed E-state index contributed by atoms with van der Waals surface area (Å²) in [6.45, 7) is 4.11. The van der Waals surface area contributed by atoms with Gasteiger partial charge in [0.05, 0.1) is 18.6 Å². The summed E-state index contributed by atoms with van der Waals surface area (Å²) in [5, 5.41) is 9.25. The minimum absolute atomic E-state index is 0.174. The van der Waals surface area contributed by atoms with E-state index in [1.54, 1.807) is 0 Å². The van der Waals surface area contributed by atoms with Gasteiger partial charge in [0.15, 0.2) is 0 Å². The Hall–Kier alpha value is -1.47. The van der Waals surface area contributed by atoms with Crippen LogP contribution in [0.3, 0.4) is 0 Å². The Labute approximate surface area is 143 Å². The fourth-order valence-corrected chi connectivity index (χ4v) is 4.17. The van der Waals surface area contributed by atoms with E-state index in [2.05, 4.69) is 18.2 Å². The number of nitrogens with zero attached hydrogens (tertiary/aromatic N) is 1. The molecule has 1 aliphatic carbocycles. The zero-order valence-electron chi connectivity index (χ0n) is 14.0. The first-order chi connectivity index (χ1) is 11.2. The monoisotopic (exact) mass is 331 g/mol. The van der Waals surface area contributed by atoms with E-state index in [-0.39, 0.29) is 17.8 Å². The van der Waals surface area contributed by atoms with Gasteiger partial charge in [-0.05, 0) is 50.3 Å². The summed E-state index contributed by atoms with van der Waals surface area (Å²) in [4.78, 5) is 13.0. The Bertz CT molecular complexity index is 549. The van der Waals surface area contributed by atoms with Gasteiger partial charge in [0.25, 0.3) is 0 Å². The van der Waals surface area contributed by atoms with E-state index in [9.17, 15) is 10.1 Å². The Morgan fingerprint density at radius 1 is 1.35 bits per heavy atom. The van der Waals surface area contributed by atoms with Crippen LogP contribution in [0.2, 0.25) is 0 Å². The van der Waals surface area contributed by atoms with Crippen LogP contribution in [0, 0.1) is 23.2 Å². The van der Waals surface area contributed by atoms with E-state index >= 15 is 0 Å². The molecule has 2 rings (SSSR count). The molecule has 0 aliphatic heterocycles. The lowest BCUT2D eigenvalue weighted by Crippen LogP contribution is -2.20. The van der Waals surface area contributed by atoms with Gasteiger partial charge in [0.1, 0.15) is 0 Å². The van der Waals surface area contributed by atoms with Gasteiger partial charge in [-0.3, -0.25) is 4.79 Å². The number of hydrogen-bond acceptors (Lipinski definition) is 4. The molecule has 0 aromatic heterocycles. The predicted molar refractivity (Wildman–Crippen MR) is 93.3 cm³/mol. The van der Waals surface area contributed by atoms with Crippen molar-refractivity contribution in [2.45, 2.75) is 50.3 Å². The lowest BCUT2D eigenvalue weighted by molar-refractivity contribution is -0.144. The van der Waals surface area contributed by atoms with Crippen LogP contribution in [0.4, 0.5) is 0 Å². The molecule has 1 fully saturated rings. The first-order valence-electron chi connectivity index (χ1n) is 8.44. The maximum absolute atomic E-state index is 11.8. The van der Waals surface area contributed by atoms with Gasteiger partial charge in [-0.25, -0.2) is 0 Å². The zero-order valence-corrected chi connectivity index (χ0v) is 14.8. The molecule has 1 saturated carbocycles. The molecule has 3 nitrogen and oxygen atoms in total. The molecular weight excluding hydrogens is 306 g/mol. The fraction of sp³-hybridized carbons (Fsp3) is 0.579. The summed E-state index contributed by atoms with van der Waals surface area (Å²) in [7, 11) is 0. The Balaban J connectivity index is 1.90. The summed E-state index contributed by atoms with van der Waals surface area (Å²) >= 11 is 1.82. The largest absolute Gasteiger partial charge is 0.466 e. The van der Waals surface area contributed by atoms with Crippen molar-refractivity contribution in [3.05, 3.63) is 29.8 Å². The highest BCUT2D eigenvalue weighted by Gasteiger charge is 2.24. The molecule has 0 heterocycles. The third kappa shape index (κ3) is 5.00. The molecule has 124 valence electrons. The molecule has 0 bridgehead atoms. The number of nitriles is 1. The zero-order chi connectivity index (χ0) is 16.7. The molecule has 0 amide bonds. The number of benzene rings is 1. The van der Waals surface area contributed by atoms with Crippen molar-refractivity contribution in [1.29, 1.82) is 5.26 Å². The van der Waals surface area contributed by atoms with Crippen LogP contribution in [-0.4, -0.2) is 18.3 Å². The number of carbonyl (C=O) groups is 1. The van der Waals surface area contributed by atoms with Crippen LogP contribution in [0.1, 0.15) is 51.0 Å². The molecule has 1 aromatic carbocycles. The average Bonchev–Trinajstić information content (AvgIpc) is 2.60. The smallest absolute Gasteiger partial charge is 0.313 e. The molecule has 0 radical (unpaired) electrons. The predicted octanol–water partition coefficient (Wildman–Crippen LogP) is 4.78. The van der Waals surface area contributed by atoms with Gasteiger partial charge in [0, 0.05) is 16.6 Å². The number of thioether (sulfide) groups is 1. The Kier molecular flexibility index (Phi) is 6.98. The van der Waals surface area contributed by atoms with E-state index in [0.29, 0.717) is 12.5 Å². The maximum Gasteiger partial charge on any atom is 0.313 e. The number of rotatable bonds is 6. The van der Waals surface area contributed by atoms with Crippen LogP contribution >= 0.6 is 11.8 Å². The number of hydrogen-bond donors (Lipinski definition) is 0. The van der Waals surface area contributed by atoms with Crippen LogP contribution in [0.15, 0.2) is 29.2 Å². The fourth-order valence-electron chi connectivity index (χ4n) is 3.04. The van der Waals surface area contributed by atoms with E-state index in [1.165, 1.54) is 24.2 Å². The summed E-state index contributed by atoms with van der Waals surface area (Å²) in [6, 6.07) is 10.6. The topological polar surface area (TPSA) is 50.1 Å². The standard InChI is InChI=1S/C19H25NO2S/c1-3-22-19(21)14(2)15-8-10-18(11-9-15)23-13-17-7-5-4-6-16(17)12-20/h8-11,14,16-17H,3-7,13H2,1-2H3. The summed E-state index contributed by atoms with van der Waals surface area (Å²) in [5.74, 6) is 1.34. The van der Waals surface area contributed by atoms with Gasteiger partial charge in [-0.1, -0.05) is 25.0 Å². The summed E-state index contributed by atoms with van der Waals surface area (Å²) in [6.07, 6.45) is 4.67. The third-order valence-electron chi connectivity index (χ3n) is 4.56. The van der Waals surface area contributed by atoms with Crippen molar-refractivity contribution in [2.24, 2.45) is 11.8 Å². The minimum atomic E-state index is -0.227. The number of esters is 1. The Morgan fingerprint density at radius 2 is 2.04 bits per heavy atom. The Morgan fingerprint density at radius 3 is 2.70 bits per heavy atom. The second-order valence-corrected chi connectivity index (χ2v) is 7.23. The summed E-state index contributed by atoms with van der Waals surface area (Å²) < 4.78 is 5.06. The van der Waals surface area contributed by atoms with E-state index in [4.69, 9.17) is 4.74 Å². The number of ether oxygens (including phenoxy) is 1. The molecule has 0 spiro atoms. The second-order valence-electron chi connectivity index (χ2n) is 6.13. The van der Waals surface area contributed by atoms with Crippen molar-refractivity contribution < 1.29 is 9.53 Å². The number of carbonyl (C=O) groups excluding carboxylic acids is 1. The van der Waals surface area contributed by atoms with Crippen molar-refractivity contribution in [3.63, 3.8) is 0 Å². The van der Waals surface area contributed by atoms with Gasteiger partial charge >= 0.3 is 5.97 Å². The molecule has 3 atom stereocenters. The normalized spacial score (nSPS) is 22.1. The average molecular weight is 331 g/mol. The molecule has 4 heteroatoms. The van der Waals surface area contributed by atoms with Gasteiger partial charge in [0.2, 0.25) is 0 Å². The highest BCUT2D eigenvalue weighted by molar-refractivity contribution is 7.99. The lowest BCUT2D eigenvalue weighted by Gasteiger charge is -2.26. The quantitative estimate of drug-likeness (QED) is 0.556. The van der Waals surface area contributed by atoms with E-state index < -0.39 is 0 Å². The van der Waals surface area contributed by atoms with E-state index in [0.717, 1.165) is 17.7 Å².